The summed E-state index contributed by atoms with van der Waals surface area (Å²) in [6, 6.07) is 3.59. The predicted octanol–water partition coefficient (Wildman–Crippen LogP) is 3.14. The van der Waals surface area contributed by atoms with Crippen LogP contribution in [0.4, 0.5) is 9.52 Å². The van der Waals surface area contributed by atoms with E-state index in [9.17, 15) is 9.18 Å². The fraction of sp³-hybridized carbons (Fsp3) is 0.286. The van der Waals surface area contributed by atoms with Crippen molar-refractivity contribution in [3.05, 3.63) is 45.7 Å². The smallest absolute Gasteiger partial charge is 0.309 e. The van der Waals surface area contributed by atoms with Gasteiger partial charge in [0.2, 0.25) is 0 Å². The summed E-state index contributed by atoms with van der Waals surface area (Å²) in [7, 11) is 0. The number of hydrogen-bond donors (Lipinski definition) is 2. The first-order valence-electron chi connectivity index (χ1n) is 6.11. The molecule has 0 radical (unpaired) electrons. The molecule has 0 spiro atoms. The molecule has 1 aromatic heterocycles. The molecule has 1 heterocycles. The van der Waals surface area contributed by atoms with Crippen molar-refractivity contribution in [1.29, 1.82) is 0 Å². The average Bonchev–Trinajstić information content (AvgIpc) is 2.80. The van der Waals surface area contributed by atoms with Gasteiger partial charge < -0.3 is 10.4 Å². The summed E-state index contributed by atoms with van der Waals surface area (Å²) in [5, 5.41) is 14.2. The monoisotopic (exact) mass is 294 g/mol. The molecule has 0 amide bonds. The van der Waals surface area contributed by atoms with Gasteiger partial charge in [-0.25, -0.2) is 9.37 Å². The Morgan fingerprint density at radius 3 is 2.65 bits per heavy atom. The SMILES string of the molecule is Cc1cc(CNc2nc(CC(=O)O)cs2)cc(C)c1F. The molecule has 20 heavy (non-hydrogen) atoms. The molecular weight excluding hydrogens is 279 g/mol. The first-order chi connectivity index (χ1) is 9.45. The van der Waals surface area contributed by atoms with Crippen LogP contribution in [0.15, 0.2) is 17.5 Å². The number of halogens is 1. The highest BCUT2D eigenvalue weighted by molar-refractivity contribution is 7.13. The van der Waals surface area contributed by atoms with Crippen molar-refractivity contribution in [1.82, 2.24) is 4.98 Å². The van der Waals surface area contributed by atoms with Crippen molar-refractivity contribution in [2.24, 2.45) is 0 Å². The maximum Gasteiger partial charge on any atom is 0.309 e. The van der Waals surface area contributed by atoms with E-state index in [4.69, 9.17) is 5.11 Å². The third-order valence-electron chi connectivity index (χ3n) is 2.82. The Hall–Kier alpha value is -1.95. The summed E-state index contributed by atoms with van der Waals surface area (Å²) in [5.41, 5.74) is 2.74. The Morgan fingerprint density at radius 2 is 2.05 bits per heavy atom. The van der Waals surface area contributed by atoms with Gasteiger partial charge in [0.1, 0.15) is 5.82 Å². The average molecular weight is 294 g/mol. The van der Waals surface area contributed by atoms with Crippen LogP contribution in [0.3, 0.4) is 0 Å². The Labute approximate surface area is 120 Å². The van der Waals surface area contributed by atoms with Crippen LogP contribution >= 0.6 is 11.3 Å². The summed E-state index contributed by atoms with van der Waals surface area (Å²) in [6.07, 6.45) is -0.0764. The highest BCUT2D eigenvalue weighted by atomic mass is 32.1. The fourth-order valence-corrected chi connectivity index (χ4v) is 2.65. The second-order valence-corrected chi connectivity index (χ2v) is 5.47. The lowest BCUT2D eigenvalue weighted by Gasteiger charge is -2.07. The first-order valence-corrected chi connectivity index (χ1v) is 6.99. The summed E-state index contributed by atoms with van der Waals surface area (Å²) in [6.45, 7) is 4.00. The lowest BCUT2D eigenvalue weighted by molar-refractivity contribution is -0.136. The van der Waals surface area contributed by atoms with Crippen LogP contribution in [0.2, 0.25) is 0 Å². The molecular formula is C14H15FN2O2S. The molecule has 1 aromatic carbocycles. The lowest BCUT2D eigenvalue weighted by atomic mass is 10.1. The summed E-state index contributed by atoms with van der Waals surface area (Å²) in [5.74, 6) is -1.07. The molecule has 2 rings (SSSR count). The second-order valence-electron chi connectivity index (χ2n) is 4.61. The third-order valence-corrected chi connectivity index (χ3v) is 3.67. The largest absolute Gasteiger partial charge is 0.481 e. The topological polar surface area (TPSA) is 62.2 Å². The van der Waals surface area contributed by atoms with E-state index in [2.05, 4.69) is 10.3 Å². The number of anilines is 1. The molecule has 106 valence electrons. The Bertz CT molecular complexity index is 617. The van der Waals surface area contributed by atoms with E-state index in [-0.39, 0.29) is 12.2 Å². The summed E-state index contributed by atoms with van der Waals surface area (Å²) in [4.78, 5) is 14.8. The number of hydrogen-bond acceptors (Lipinski definition) is 4. The molecule has 0 saturated heterocycles. The number of aryl methyl sites for hydroxylation is 2. The predicted molar refractivity (Wildman–Crippen MR) is 76.7 cm³/mol. The summed E-state index contributed by atoms with van der Waals surface area (Å²) < 4.78 is 13.5. The number of rotatable bonds is 5. The quantitative estimate of drug-likeness (QED) is 0.889. The van der Waals surface area contributed by atoms with E-state index in [1.54, 1.807) is 31.4 Å². The van der Waals surface area contributed by atoms with Gasteiger partial charge in [-0.2, -0.15) is 0 Å². The van der Waals surface area contributed by atoms with Crippen LogP contribution in [0.1, 0.15) is 22.4 Å². The number of carbonyl (C=O) groups is 1. The summed E-state index contributed by atoms with van der Waals surface area (Å²) >= 11 is 1.36. The van der Waals surface area contributed by atoms with E-state index in [1.165, 1.54) is 11.3 Å². The zero-order chi connectivity index (χ0) is 14.7. The van der Waals surface area contributed by atoms with Crippen molar-refractivity contribution < 1.29 is 14.3 Å². The van der Waals surface area contributed by atoms with Crippen LogP contribution in [-0.2, 0) is 17.8 Å². The van der Waals surface area contributed by atoms with Gasteiger partial charge in [0, 0.05) is 11.9 Å². The molecule has 0 atom stereocenters. The van der Waals surface area contributed by atoms with Gasteiger partial charge in [-0.1, -0.05) is 12.1 Å². The number of aliphatic carboxylic acids is 1. The maximum atomic E-state index is 13.5. The van der Waals surface area contributed by atoms with Crippen LogP contribution in [-0.4, -0.2) is 16.1 Å². The number of thiazole rings is 1. The number of aromatic nitrogens is 1. The number of carboxylic acids is 1. The molecule has 0 fully saturated rings. The fourth-order valence-electron chi connectivity index (χ4n) is 1.94. The first kappa shape index (κ1) is 14.5. The van der Waals surface area contributed by atoms with Crippen LogP contribution in [0.5, 0.6) is 0 Å². The van der Waals surface area contributed by atoms with Crippen molar-refractivity contribution in [2.75, 3.05) is 5.32 Å². The molecule has 2 aromatic rings. The zero-order valence-corrected chi connectivity index (χ0v) is 12.1. The molecule has 0 unspecified atom stereocenters. The van der Waals surface area contributed by atoms with Crippen molar-refractivity contribution in [3.63, 3.8) is 0 Å². The van der Waals surface area contributed by atoms with E-state index in [0.29, 0.717) is 28.5 Å². The minimum Gasteiger partial charge on any atom is -0.481 e. The standard InChI is InChI=1S/C14H15FN2O2S/c1-8-3-10(4-9(2)13(8)15)6-16-14-17-11(7-20-14)5-12(18)19/h3-4,7H,5-6H2,1-2H3,(H,16,17)(H,18,19). The Morgan fingerprint density at radius 1 is 1.40 bits per heavy atom. The highest BCUT2D eigenvalue weighted by Crippen LogP contribution is 2.19. The van der Waals surface area contributed by atoms with Crippen LogP contribution in [0.25, 0.3) is 0 Å². The van der Waals surface area contributed by atoms with Gasteiger partial charge in [0.15, 0.2) is 5.13 Å². The molecule has 0 saturated carbocycles. The van der Waals surface area contributed by atoms with E-state index < -0.39 is 5.97 Å². The maximum absolute atomic E-state index is 13.5. The molecule has 2 N–H and O–H groups in total. The van der Waals surface area contributed by atoms with Gasteiger partial charge >= 0.3 is 5.97 Å². The van der Waals surface area contributed by atoms with Gasteiger partial charge in [-0.15, -0.1) is 11.3 Å². The van der Waals surface area contributed by atoms with Gasteiger partial charge in [0.05, 0.1) is 12.1 Å². The minimum absolute atomic E-state index is 0.0764. The van der Waals surface area contributed by atoms with Crippen LogP contribution in [0, 0.1) is 19.7 Å². The second kappa shape index (κ2) is 6.00. The zero-order valence-electron chi connectivity index (χ0n) is 11.2. The number of carboxylic acid groups (broad SMARTS) is 1. The lowest BCUT2D eigenvalue weighted by Crippen LogP contribution is -2.03. The van der Waals surface area contributed by atoms with E-state index >= 15 is 0 Å². The molecule has 0 aliphatic heterocycles. The van der Waals surface area contributed by atoms with E-state index in [1.807, 2.05) is 0 Å². The van der Waals surface area contributed by atoms with Gasteiger partial charge in [-0.3, -0.25) is 4.79 Å². The molecule has 4 nitrogen and oxygen atoms in total. The number of benzene rings is 1. The minimum atomic E-state index is -0.897. The van der Waals surface area contributed by atoms with Crippen molar-refractivity contribution >= 4 is 22.4 Å². The number of nitrogens with zero attached hydrogens (tertiary/aromatic N) is 1. The molecule has 0 aliphatic rings. The van der Waals surface area contributed by atoms with Gasteiger partial charge in [-0.05, 0) is 30.5 Å². The third kappa shape index (κ3) is 3.54. The van der Waals surface area contributed by atoms with Gasteiger partial charge in [0.25, 0.3) is 0 Å². The Kier molecular flexibility index (Phi) is 4.34. The Balaban J connectivity index is 2.02. The van der Waals surface area contributed by atoms with Crippen LogP contribution < -0.4 is 5.32 Å². The normalized spacial score (nSPS) is 10.6. The highest BCUT2D eigenvalue weighted by Gasteiger charge is 2.07. The molecule has 0 aliphatic carbocycles. The van der Waals surface area contributed by atoms with Crippen molar-refractivity contribution in [2.45, 2.75) is 26.8 Å². The van der Waals surface area contributed by atoms with E-state index in [0.717, 1.165) is 5.56 Å². The van der Waals surface area contributed by atoms with Crippen molar-refractivity contribution in [3.8, 4) is 0 Å². The number of nitrogens with one attached hydrogen (secondary N) is 1. The molecule has 0 bridgehead atoms. The molecule has 6 heteroatoms.